The molecule has 0 aliphatic carbocycles. The van der Waals surface area contributed by atoms with E-state index in [0.717, 1.165) is 11.4 Å². The molecule has 0 saturated heterocycles. The molecule has 3 rings (SSSR count). The number of benzene rings is 2. The van der Waals surface area contributed by atoms with E-state index in [0.29, 0.717) is 29.6 Å². The van der Waals surface area contributed by atoms with Crippen LogP contribution >= 0.6 is 0 Å². The summed E-state index contributed by atoms with van der Waals surface area (Å²) in [4.78, 5) is 16.5. The fraction of sp³-hybridized carbons (Fsp3) is 0.238. The van der Waals surface area contributed by atoms with Crippen molar-refractivity contribution in [3.05, 3.63) is 60.3 Å². The molecule has 0 saturated carbocycles. The van der Waals surface area contributed by atoms with Crippen LogP contribution in [0, 0.1) is 0 Å². The number of anilines is 4. The highest BCUT2D eigenvalue weighted by atomic mass is 16.5. The van der Waals surface area contributed by atoms with Gasteiger partial charge in [-0.3, -0.25) is 0 Å². The Morgan fingerprint density at radius 2 is 1.83 bits per heavy atom. The van der Waals surface area contributed by atoms with Gasteiger partial charge in [-0.05, 0) is 57.2 Å². The maximum atomic E-state index is 12.1. The van der Waals surface area contributed by atoms with Crippen LogP contribution in [0.4, 0.5) is 23.1 Å². The average molecular weight is 393 g/mol. The van der Waals surface area contributed by atoms with Gasteiger partial charge in [-0.1, -0.05) is 12.1 Å². The Bertz CT molecular complexity index is 961. The second kappa shape index (κ2) is 9.50. The van der Waals surface area contributed by atoms with Gasteiger partial charge in [-0.15, -0.1) is 5.10 Å². The fourth-order valence-corrected chi connectivity index (χ4v) is 2.55. The minimum atomic E-state index is -0.403. The Kier molecular flexibility index (Phi) is 6.57. The lowest BCUT2D eigenvalue weighted by Crippen LogP contribution is -2.09. The summed E-state index contributed by atoms with van der Waals surface area (Å²) in [7, 11) is 0. The number of hydrogen-bond donors (Lipinski definition) is 2. The minimum absolute atomic E-state index is 0.113. The lowest BCUT2D eigenvalue weighted by Gasteiger charge is -2.12. The molecule has 8 heteroatoms. The van der Waals surface area contributed by atoms with E-state index in [1.54, 1.807) is 25.1 Å². The number of nitrogens with zero attached hydrogens (tertiary/aromatic N) is 3. The summed E-state index contributed by atoms with van der Waals surface area (Å²) in [5.74, 6) is 1.15. The standard InChI is InChI=1S/C21H23N5O3/c1-4-28-20(27)17-7-5-6-8-18(17)24-19-13-22-26-21(25-19)23-15-9-11-16(12-10-15)29-14(2)3/h5-14H,4H2,1-3H3,(H2,23,24,25,26). The molecule has 1 heterocycles. The monoisotopic (exact) mass is 393 g/mol. The normalized spacial score (nSPS) is 10.5. The van der Waals surface area contributed by atoms with Crippen LogP contribution in [-0.4, -0.2) is 33.9 Å². The maximum Gasteiger partial charge on any atom is 0.340 e. The van der Waals surface area contributed by atoms with E-state index in [1.165, 1.54) is 6.20 Å². The molecule has 0 unspecified atom stereocenters. The summed E-state index contributed by atoms with van der Waals surface area (Å²) >= 11 is 0. The van der Waals surface area contributed by atoms with Crippen LogP contribution in [0.5, 0.6) is 5.75 Å². The van der Waals surface area contributed by atoms with E-state index in [1.807, 2.05) is 44.2 Å². The third-order valence-electron chi connectivity index (χ3n) is 3.73. The van der Waals surface area contributed by atoms with Gasteiger partial charge in [0.1, 0.15) is 5.75 Å². The van der Waals surface area contributed by atoms with Gasteiger partial charge in [-0.25, -0.2) is 4.79 Å². The topological polar surface area (TPSA) is 98.3 Å². The number of carbonyl (C=O) groups excluding carboxylic acids is 1. The van der Waals surface area contributed by atoms with Crippen molar-refractivity contribution in [2.75, 3.05) is 17.2 Å². The zero-order valence-electron chi connectivity index (χ0n) is 16.5. The zero-order chi connectivity index (χ0) is 20.6. The minimum Gasteiger partial charge on any atom is -0.491 e. The summed E-state index contributed by atoms with van der Waals surface area (Å²) < 4.78 is 10.7. The van der Waals surface area contributed by atoms with Crippen molar-refractivity contribution in [3.8, 4) is 5.75 Å². The molecule has 0 bridgehead atoms. The Labute approximate surface area is 169 Å². The SMILES string of the molecule is CCOC(=O)c1ccccc1Nc1cnnc(Nc2ccc(OC(C)C)cc2)n1. The van der Waals surface area contributed by atoms with Crippen LogP contribution in [0.3, 0.4) is 0 Å². The molecule has 0 aliphatic heterocycles. The van der Waals surface area contributed by atoms with Gasteiger partial charge in [0.2, 0.25) is 5.95 Å². The third kappa shape index (κ3) is 5.65. The van der Waals surface area contributed by atoms with Crippen LogP contribution < -0.4 is 15.4 Å². The van der Waals surface area contributed by atoms with Crippen LogP contribution in [0.1, 0.15) is 31.1 Å². The lowest BCUT2D eigenvalue weighted by atomic mass is 10.2. The van der Waals surface area contributed by atoms with Crippen molar-refractivity contribution < 1.29 is 14.3 Å². The third-order valence-corrected chi connectivity index (χ3v) is 3.73. The highest BCUT2D eigenvalue weighted by molar-refractivity contribution is 5.96. The number of aromatic nitrogens is 3. The van der Waals surface area contributed by atoms with Crippen molar-refractivity contribution in [1.29, 1.82) is 0 Å². The van der Waals surface area contributed by atoms with E-state index in [9.17, 15) is 4.79 Å². The molecule has 8 nitrogen and oxygen atoms in total. The summed E-state index contributed by atoms with van der Waals surface area (Å²) in [5, 5.41) is 14.2. The van der Waals surface area contributed by atoms with Gasteiger partial charge in [0.25, 0.3) is 0 Å². The molecule has 0 amide bonds. The summed E-state index contributed by atoms with van der Waals surface area (Å²) in [6.45, 7) is 6.02. The number of hydrogen-bond acceptors (Lipinski definition) is 8. The molecular formula is C21H23N5O3. The van der Waals surface area contributed by atoms with Crippen molar-refractivity contribution in [3.63, 3.8) is 0 Å². The number of rotatable bonds is 8. The van der Waals surface area contributed by atoms with Crippen molar-refractivity contribution >= 4 is 29.1 Å². The van der Waals surface area contributed by atoms with Crippen molar-refractivity contribution in [2.45, 2.75) is 26.9 Å². The van der Waals surface area contributed by atoms with Crippen LogP contribution in [-0.2, 0) is 4.74 Å². The van der Waals surface area contributed by atoms with E-state index in [2.05, 4.69) is 25.8 Å². The largest absolute Gasteiger partial charge is 0.491 e. The molecule has 0 fully saturated rings. The van der Waals surface area contributed by atoms with E-state index in [4.69, 9.17) is 9.47 Å². The molecule has 3 aromatic rings. The Morgan fingerprint density at radius 1 is 1.07 bits per heavy atom. The molecule has 2 aromatic carbocycles. The average Bonchev–Trinajstić information content (AvgIpc) is 2.70. The Balaban J connectivity index is 1.73. The van der Waals surface area contributed by atoms with Crippen LogP contribution in [0.2, 0.25) is 0 Å². The van der Waals surface area contributed by atoms with Crippen LogP contribution in [0.15, 0.2) is 54.7 Å². The lowest BCUT2D eigenvalue weighted by molar-refractivity contribution is 0.0527. The first-order chi connectivity index (χ1) is 14.0. The first-order valence-electron chi connectivity index (χ1n) is 9.31. The van der Waals surface area contributed by atoms with E-state index in [-0.39, 0.29) is 6.10 Å². The summed E-state index contributed by atoms with van der Waals surface area (Å²) in [5.41, 5.74) is 1.79. The molecule has 0 spiro atoms. The zero-order valence-corrected chi connectivity index (χ0v) is 16.5. The predicted molar refractivity (Wildman–Crippen MR) is 111 cm³/mol. The fourth-order valence-electron chi connectivity index (χ4n) is 2.55. The molecular weight excluding hydrogens is 370 g/mol. The Hall–Kier alpha value is -3.68. The first kappa shape index (κ1) is 20.1. The van der Waals surface area contributed by atoms with Gasteiger partial charge in [0.05, 0.1) is 30.2 Å². The van der Waals surface area contributed by atoms with E-state index >= 15 is 0 Å². The van der Waals surface area contributed by atoms with Crippen molar-refractivity contribution in [2.24, 2.45) is 0 Å². The summed E-state index contributed by atoms with van der Waals surface area (Å²) in [6.07, 6.45) is 1.59. The molecule has 1 aromatic heterocycles. The molecule has 29 heavy (non-hydrogen) atoms. The number of esters is 1. The predicted octanol–water partition coefficient (Wildman–Crippen LogP) is 4.32. The highest BCUT2D eigenvalue weighted by Crippen LogP contribution is 2.22. The maximum absolute atomic E-state index is 12.1. The number of nitrogens with one attached hydrogen (secondary N) is 2. The second-order valence-corrected chi connectivity index (χ2v) is 6.37. The van der Waals surface area contributed by atoms with Gasteiger partial charge >= 0.3 is 5.97 Å². The molecule has 150 valence electrons. The number of ether oxygens (including phenoxy) is 2. The second-order valence-electron chi connectivity index (χ2n) is 6.37. The highest BCUT2D eigenvalue weighted by Gasteiger charge is 2.13. The molecule has 0 atom stereocenters. The van der Waals surface area contributed by atoms with Gasteiger partial charge in [0, 0.05) is 5.69 Å². The van der Waals surface area contributed by atoms with E-state index < -0.39 is 5.97 Å². The van der Waals surface area contributed by atoms with Crippen LogP contribution in [0.25, 0.3) is 0 Å². The first-order valence-corrected chi connectivity index (χ1v) is 9.31. The van der Waals surface area contributed by atoms with Gasteiger partial charge in [0.15, 0.2) is 5.82 Å². The summed E-state index contributed by atoms with van der Waals surface area (Å²) in [6, 6.07) is 14.5. The number of para-hydroxylation sites is 1. The number of carbonyl (C=O) groups is 1. The Morgan fingerprint density at radius 3 is 2.55 bits per heavy atom. The van der Waals surface area contributed by atoms with Gasteiger partial charge < -0.3 is 20.1 Å². The van der Waals surface area contributed by atoms with Crippen molar-refractivity contribution in [1.82, 2.24) is 15.2 Å². The molecule has 2 N–H and O–H groups in total. The molecule has 0 aliphatic rings. The smallest absolute Gasteiger partial charge is 0.340 e. The van der Waals surface area contributed by atoms with Gasteiger partial charge in [-0.2, -0.15) is 10.1 Å². The molecule has 0 radical (unpaired) electrons. The quantitative estimate of drug-likeness (QED) is 0.546.